The Morgan fingerprint density at radius 1 is 0.958 bits per heavy atom. The largest absolute Gasteiger partial charge is 0.502 e. The van der Waals surface area contributed by atoms with E-state index in [9.17, 15) is 15.2 Å². The van der Waals surface area contributed by atoms with Crippen LogP contribution in [-0.2, 0) is 18.9 Å². The number of methoxy groups -OCH3 is 2. The topological polar surface area (TPSA) is 119 Å². The second kappa shape index (κ2) is 11.4. The van der Waals surface area contributed by atoms with Crippen LogP contribution in [0.2, 0.25) is 0 Å². The summed E-state index contributed by atoms with van der Waals surface area (Å²) in [7, 11) is 3.07. The van der Waals surface area contributed by atoms with Crippen LogP contribution in [0.1, 0.15) is 0 Å². The van der Waals surface area contributed by atoms with Crippen molar-refractivity contribution in [3.05, 3.63) is 22.2 Å². The number of benzene rings is 1. The van der Waals surface area contributed by atoms with Gasteiger partial charge in [0.05, 0.1) is 37.4 Å². The van der Waals surface area contributed by atoms with Crippen LogP contribution in [0.25, 0.3) is 0 Å². The van der Waals surface area contributed by atoms with Gasteiger partial charge in [0.15, 0.2) is 30.8 Å². The predicted octanol–water partition coefficient (Wildman–Crippen LogP) is 1.30. The van der Waals surface area contributed by atoms with Gasteiger partial charge in [-0.05, 0) is 0 Å². The van der Waals surface area contributed by atoms with Crippen molar-refractivity contribution in [3.8, 4) is 17.2 Å². The molecule has 10 heteroatoms. The molecule has 1 rings (SSSR count). The van der Waals surface area contributed by atoms with Gasteiger partial charge in [0, 0.05) is 20.3 Å². The van der Waals surface area contributed by atoms with Crippen LogP contribution in [0.3, 0.4) is 0 Å². The molecule has 0 atom stereocenters. The van der Waals surface area contributed by atoms with Crippen molar-refractivity contribution < 1.29 is 38.5 Å². The fraction of sp³-hybridized carbons (Fsp3) is 0.571. The number of nitro groups is 1. The van der Waals surface area contributed by atoms with Crippen molar-refractivity contribution in [3.63, 3.8) is 0 Å². The second-order valence-corrected chi connectivity index (χ2v) is 4.37. The molecular formula is C14H21NO9. The fourth-order valence-electron chi connectivity index (χ4n) is 1.52. The summed E-state index contributed by atoms with van der Waals surface area (Å²) in [6.07, 6.45) is 0. The van der Waals surface area contributed by atoms with E-state index in [1.807, 2.05) is 0 Å². The highest BCUT2D eigenvalue weighted by Crippen LogP contribution is 2.38. The van der Waals surface area contributed by atoms with Crippen LogP contribution in [0, 0.1) is 10.1 Å². The Bertz CT molecular complexity index is 509. The van der Waals surface area contributed by atoms with Gasteiger partial charge >= 0.3 is 5.69 Å². The highest BCUT2D eigenvalue weighted by Gasteiger charge is 2.20. The maximum Gasteiger partial charge on any atom is 0.314 e. The number of phenols is 1. The maximum absolute atomic E-state index is 10.9. The average Bonchev–Trinajstić information content (AvgIpc) is 2.55. The quantitative estimate of drug-likeness (QED) is 0.244. The summed E-state index contributed by atoms with van der Waals surface area (Å²) >= 11 is 0. The van der Waals surface area contributed by atoms with E-state index in [1.54, 1.807) is 0 Å². The van der Waals surface area contributed by atoms with Gasteiger partial charge in [-0.1, -0.05) is 0 Å². The molecule has 0 aliphatic heterocycles. The van der Waals surface area contributed by atoms with Crippen LogP contribution in [0.15, 0.2) is 12.1 Å². The van der Waals surface area contributed by atoms with Crippen molar-refractivity contribution >= 4 is 5.69 Å². The molecule has 1 aromatic rings. The zero-order valence-electron chi connectivity index (χ0n) is 13.6. The summed E-state index contributed by atoms with van der Waals surface area (Å²) in [5.74, 6) is -0.405. The molecule has 0 radical (unpaired) electrons. The summed E-state index contributed by atoms with van der Waals surface area (Å²) in [6.45, 7) is 1.09. The Kier molecular flexibility index (Phi) is 9.46. The molecule has 0 fully saturated rings. The maximum atomic E-state index is 10.9. The normalized spacial score (nSPS) is 10.6. The van der Waals surface area contributed by atoms with Crippen LogP contribution in [0.4, 0.5) is 5.69 Å². The van der Waals surface area contributed by atoms with Crippen molar-refractivity contribution in [2.24, 2.45) is 0 Å². The number of nitrogens with zero attached hydrogens (tertiary/aromatic N) is 1. The molecule has 0 amide bonds. The van der Waals surface area contributed by atoms with Gasteiger partial charge in [0.2, 0.25) is 0 Å². The van der Waals surface area contributed by atoms with Gasteiger partial charge in [0.25, 0.3) is 0 Å². The van der Waals surface area contributed by atoms with E-state index in [0.717, 1.165) is 12.1 Å². The molecular weight excluding hydrogens is 326 g/mol. The lowest BCUT2D eigenvalue weighted by atomic mass is 10.2. The molecule has 24 heavy (non-hydrogen) atoms. The van der Waals surface area contributed by atoms with E-state index in [1.165, 1.54) is 14.2 Å². The second-order valence-electron chi connectivity index (χ2n) is 4.37. The monoisotopic (exact) mass is 347 g/mol. The molecule has 0 saturated carbocycles. The number of nitro benzene ring substituents is 1. The Balaban J connectivity index is 2.70. The molecule has 0 saturated heterocycles. The minimum atomic E-state index is -0.729. The first-order valence-corrected chi connectivity index (χ1v) is 7.00. The minimum absolute atomic E-state index is 0.0484. The van der Waals surface area contributed by atoms with E-state index >= 15 is 0 Å². The molecule has 10 nitrogen and oxygen atoms in total. The molecule has 136 valence electrons. The van der Waals surface area contributed by atoms with Crippen molar-refractivity contribution in [2.75, 3.05) is 54.2 Å². The first kappa shape index (κ1) is 19.9. The van der Waals surface area contributed by atoms with E-state index in [0.29, 0.717) is 26.4 Å². The average molecular weight is 347 g/mol. The SMILES string of the molecule is COCCOCOc1cc(O)c([N+](=O)[O-])cc1OCOCCOC. The zero-order chi connectivity index (χ0) is 17.8. The summed E-state index contributed by atoms with van der Waals surface area (Å²) in [6, 6.07) is 2.14. The van der Waals surface area contributed by atoms with Gasteiger partial charge in [-0.2, -0.15) is 0 Å². The van der Waals surface area contributed by atoms with Crippen LogP contribution in [-0.4, -0.2) is 64.3 Å². The van der Waals surface area contributed by atoms with Crippen molar-refractivity contribution in [1.29, 1.82) is 0 Å². The Labute approximate surface area is 138 Å². The summed E-state index contributed by atoms with van der Waals surface area (Å²) in [4.78, 5) is 10.2. The lowest BCUT2D eigenvalue weighted by molar-refractivity contribution is -0.386. The first-order chi connectivity index (χ1) is 11.6. The van der Waals surface area contributed by atoms with Gasteiger partial charge in [-0.15, -0.1) is 0 Å². The molecule has 1 N–H and O–H groups in total. The standard InChI is InChI=1S/C14H21NO9/c1-19-3-5-21-9-23-13-7-11(15(17)18)12(16)8-14(13)24-10-22-6-4-20-2/h7-8,16H,3-6,9-10H2,1-2H3. The predicted molar refractivity (Wildman–Crippen MR) is 81.4 cm³/mol. The summed E-state index contributed by atoms with van der Waals surface area (Å²) in [5, 5.41) is 20.6. The molecule has 0 bridgehead atoms. The lowest BCUT2D eigenvalue weighted by Crippen LogP contribution is -2.11. The minimum Gasteiger partial charge on any atom is -0.502 e. The van der Waals surface area contributed by atoms with Gasteiger partial charge in [-0.3, -0.25) is 10.1 Å². The van der Waals surface area contributed by atoms with Gasteiger partial charge < -0.3 is 33.5 Å². The van der Waals surface area contributed by atoms with Crippen LogP contribution >= 0.6 is 0 Å². The Hall–Kier alpha value is -2.14. The smallest absolute Gasteiger partial charge is 0.314 e. The molecule has 0 heterocycles. The van der Waals surface area contributed by atoms with Crippen molar-refractivity contribution in [2.45, 2.75) is 0 Å². The summed E-state index contributed by atoms with van der Waals surface area (Å²) < 4.78 is 30.5. The van der Waals surface area contributed by atoms with E-state index in [4.69, 9.17) is 28.4 Å². The third-order valence-electron chi connectivity index (χ3n) is 2.70. The Morgan fingerprint density at radius 3 is 1.92 bits per heavy atom. The third-order valence-corrected chi connectivity index (χ3v) is 2.70. The molecule has 1 aromatic carbocycles. The molecule has 0 spiro atoms. The summed E-state index contributed by atoms with van der Waals surface area (Å²) in [5.41, 5.74) is -0.505. The number of aromatic hydroxyl groups is 1. The third kappa shape index (κ3) is 6.96. The number of ether oxygens (including phenoxy) is 6. The van der Waals surface area contributed by atoms with Crippen LogP contribution in [0.5, 0.6) is 17.2 Å². The van der Waals surface area contributed by atoms with E-state index in [2.05, 4.69) is 0 Å². The highest BCUT2D eigenvalue weighted by atomic mass is 16.7. The molecule has 0 aliphatic carbocycles. The molecule has 0 aliphatic rings. The zero-order valence-corrected chi connectivity index (χ0v) is 13.6. The number of rotatable bonds is 13. The molecule has 0 aromatic heterocycles. The number of phenolic OH excluding ortho intramolecular Hbond substituents is 1. The number of hydrogen-bond acceptors (Lipinski definition) is 9. The van der Waals surface area contributed by atoms with E-state index < -0.39 is 16.4 Å². The van der Waals surface area contributed by atoms with Crippen LogP contribution < -0.4 is 9.47 Å². The number of hydrogen-bond donors (Lipinski definition) is 1. The highest BCUT2D eigenvalue weighted by molar-refractivity contribution is 5.57. The first-order valence-electron chi connectivity index (χ1n) is 7.00. The fourth-order valence-corrected chi connectivity index (χ4v) is 1.52. The Morgan fingerprint density at radius 2 is 1.46 bits per heavy atom. The van der Waals surface area contributed by atoms with Gasteiger partial charge in [0.1, 0.15) is 0 Å². The van der Waals surface area contributed by atoms with Crippen molar-refractivity contribution in [1.82, 2.24) is 0 Å². The van der Waals surface area contributed by atoms with E-state index in [-0.39, 0.29) is 25.1 Å². The molecule has 0 unspecified atom stereocenters. The van der Waals surface area contributed by atoms with Gasteiger partial charge in [-0.25, -0.2) is 0 Å². The lowest BCUT2D eigenvalue weighted by Gasteiger charge is -2.13.